The number of nitrogens with one attached hydrogen (secondary N) is 1. The van der Waals surface area contributed by atoms with Gasteiger partial charge in [0.25, 0.3) is 5.91 Å². The third kappa shape index (κ3) is 4.15. The van der Waals surface area contributed by atoms with E-state index in [1.807, 2.05) is 38.1 Å². The van der Waals surface area contributed by atoms with Gasteiger partial charge in [-0.3, -0.25) is 14.5 Å². The Hall–Kier alpha value is -2.41. The fourth-order valence-corrected chi connectivity index (χ4v) is 3.96. The van der Waals surface area contributed by atoms with E-state index < -0.39 is 17.5 Å². The lowest BCUT2D eigenvalue weighted by atomic mass is 9.84. The number of morpholine rings is 1. The van der Waals surface area contributed by atoms with Crippen LogP contribution in [-0.4, -0.2) is 59.5 Å². The molecule has 0 spiro atoms. The van der Waals surface area contributed by atoms with E-state index in [9.17, 15) is 14.4 Å². The molecule has 0 saturated carbocycles. The molecule has 1 aromatic rings. The number of hydrogen-bond acceptors (Lipinski definition) is 4. The van der Waals surface area contributed by atoms with Gasteiger partial charge in [-0.05, 0) is 37.3 Å². The zero-order valence-electron chi connectivity index (χ0n) is 18.1. The van der Waals surface area contributed by atoms with Gasteiger partial charge in [0, 0.05) is 13.1 Å². The maximum Gasteiger partial charge on any atom is 0.325 e. The molecule has 158 valence electrons. The number of benzene rings is 1. The lowest BCUT2D eigenvalue weighted by Gasteiger charge is -2.35. The summed E-state index contributed by atoms with van der Waals surface area (Å²) in [7, 11) is 0. The van der Waals surface area contributed by atoms with Gasteiger partial charge in [-0.2, -0.15) is 0 Å². The highest BCUT2D eigenvalue weighted by Crippen LogP contribution is 2.31. The van der Waals surface area contributed by atoms with Gasteiger partial charge in [0.15, 0.2) is 0 Å². The first-order valence-corrected chi connectivity index (χ1v) is 10.1. The minimum absolute atomic E-state index is 0.00669. The van der Waals surface area contributed by atoms with Crippen molar-refractivity contribution in [1.82, 2.24) is 15.1 Å². The smallest absolute Gasteiger partial charge is 0.325 e. The molecule has 29 heavy (non-hydrogen) atoms. The highest BCUT2D eigenvalue weighted by molar-refractivity contribution is 6.09. The van der Waals surface area contributed by atoms with Crippen molar-refractivity contribution in [2.75, 3.05) is 19.6 Å². The molecule has 7 nitrogen and oxygen atoms in total. The van der Waals surface area contributed by atoms with Crippen molar-refractivity contribution in [3.8, 4) is 0 Å². The molecule has 0 aromatic heterocycles. The molecule has 1 N–H and O–H groups in total. The fourth-order valence-electron chi connectivity index (χ4n) is 3.96. The van der Waals surface area contributed by atoms with E-state index in [0.717, 1.165) is 10.5 Å². The van der Waals surface area contributed by atoms with Crippen molar-refractivity contribution in [1.29, 1.82) is 0 Å². The number of amides is 4. The molecule has 0 aliphatic carbocycles. The fraction of sp³-hybridized carbons (Fsp3) is 0.591. The predicted molar refractivity (Wildman–Crippen MR) is 109 cm³/mol. The van der Waals surface area contributed by atoms with Crippen LogP contribution in [0.25, 0.3) is 0 Å². The molecule has 2 fully saturated rings. The minimum atomic E-state index is -1.18. The van der Waals surface area contributed by atoms with Gasteiger partial charge in [0.2, 0.25) is 5.91 Å². The summed E-state index contributed by atoms with van der Waals surface area (Å²) < 4.78 is 5.65. The van der Waals surface area contributed by atoms with Crippen molar-refractivity contribution in [2.24, 2.45) is 0 Å². The van der Waals surface area contributed by atoms with E-state index in [0.29, 0.717) is 18.7 Å². The van der Waals surface area contributed by atoms with Crippen molar-refractivity contribution >= 4 is 17.8 Å². The molecule has 4 amide bonds. The number of nitrogens with zero attached hydrogens (tertiary/aromatic N) is 2. The topological polar surface area (TPSA) is 79.0 Å². The second-order valence-electron chi connectivity index (χ2n) is 9.33. The average Bonchev–Trinajstić information content (AvgIpc) is 2.84. The number of hydrogen-bond donors (Lipinski definition) is 1. The summed E-state index contributed by atoms with van der Waals surface area (Å²) in [6, 6.07) is 7.15. The Morgan fingerprint density at radius 1 is 1.14 bits per heavy atom. The standard InChI is InChI=1S/C22H31N3O4/c1-14-11-24(12-15(2)29-14)18(26)13-25-19(27)22(6,23-20(25)28)17-9-7-16(8-10-17)21(3,4)5/h7-10,14-15H,11-13H2,1-6H3,(H,23,28)/t14-,15-,22+/m0/s1. The summed E-state index contributed by atoms with van der Waals surface area (Å²) >= 11 is 0. The van der Waals surface area contributed by atoms with Crippen LogP contribution in [0.3, 0.4) is 0 Å². The average molecular weight is 402 g/mol. The van der Waals surface area contributed by atoms with Crippen LogP contribution in [0.1, 0.15) is 52.7 Å². The monoisotopic (exact) mass is 401 g/mol. The predicted octanol–water partition coefficient (Wildman–Crippen LogP) is 2.39. The Morgan fingerprint density at radius 3 is 2.21 bits per heavy atom. The van der Waals surface area contributed by atoms with Gasteiger partial charge < -0.3 is 15.0 Å². The maximum atomic E-state index is 13.1. The van der Waals surface area contributed by atoms with Crippen molar-refractivity contribution in [3.63, 3.8) is 0 Å². The number of carbonyl (C=O) groups excluding carboxylic acids is 3. The molecule has 3 atom stereocenters. The van der Waals surface area contributed by atoms with E-state index in [-0.39, 0.29) is 30.1 Å². The summed E-state index contributed by atoms with van der Waals surface area (Å²) in [6.07, 6.45) is -0.144. The van der Waals surface area contributed by atoms with Gasteiger partial charge in [-0.25, -0.2) is 4.79 Å². The number of urea groups is 1. The minimum Gasteiger partial charge on any atom is -0.372 e. The van der Waals surface area contributed by atoms with Gasteiger partial charge in [-0.1, -0.05) is 45.0 Å². The zero-order chi connectivity index (χ0) is 21.6. The Bertz CT molecular complexity index is 804. The summed E-state index contributed by atoms with van der Waals surface area (Å²) in [4.78, 5) is 41.1. The molecular weight excluding hydrogens is 370 g/mol. The largest absolute Gasteiger partial charge is 0.372 e. The first-order chi connectivity index (χ1) is 13.4. The van der Waals surface area contributed by atoms with Crippen molar-refractivity contribution in [2.45, 2.75) is 64.7 Å². The Morgan fingerprint density at radius 2 is 1.69 bits per heavy atom. The lowest BCUT2D eigenvalue weighted by Crippen LogP contribution is -2.52. The molecule has 0 radical (unpaired) electrons. The van der Waals surface area contributed by atoms with Crippen LogP contribution in [0, 0.1) is 0 Å². The molecule has 0 unspecified atom stereocenters. The number of carbonyl (C=O) groups is 3. The van der Waals surface area contributed by atoms with Crippen LogP contribution in [0.15, 0.2) is 24.3 Å². The van der Waals surface area contributed by atoms with Crippen LogP contribution < -0.4 is 5.32 Å². The normalized spacial score (nSPS) is 27.9. The highest BCUT2D eigenvalue weighted by Gasteiger charge is 2.50. The highest BCUT2D eigenvalue weighted by atomic mass is 16.5. The molecule has 7 heteroatoms. The van der Waals surface area contributed by atoms with Gasteiger partial charge in [0.05, 0.1) is 12.2 Å². The Labute approximate surface area is 172 Å². The number of imide groups is 1. The Kier molecular flexibility index (Phi) is 5.47. The Balaban J connectivity index is 1.76. The molecule has 2 heterocycles. The van der Waals surface area contributed by atoms with Crippen LogP contribution in [0.5, 0.6) is 0 Å². The van der Waals surface area contributed by atoms with Crippen molar-refractivity contribution < 1.29 is 19.1 Å². The van der Waals surface area contributed by atoms with Crippen LogP contribution in [0.4, 0.5) is 4.79 Å². The maximum absolute atomic E-state index is 13.1. The quantitative estimate of drug-likeness (QED) is 0.789. The summed E-state index contributed by atoms with van der Waals surface area (Å²) in [5, 5.41) is 2.77. The van der Waals surface area contributed by atoms with E-state index in [1.54, 1.807) is 11.8 Å². The molecule has 2 aliphatic rings. The molecule has 2 aliphatic heterocycles. The van der Waals surface area contributed by atoms with E-state index >= 15 is 0 Å². The number of ether oxygens (including phenoxy) is 1. The third-order valence-electron chi connectivity index (χ3n) is 5.67. The van der Waals surface area contributed by atoms with Crippen LogP contribution >= 0.6 is 0 Å². The molecule has 3 rings (SSSR count). The summed E-state index contributed by atoms with van der Waals surface area (Å²) in [5.41, 5.74) is 0.656. The first kappa shape index (κ1) is 21.3. The molecule has 2 saturated heterocycles. The van der Waals surface area contributed by atoms with E-state index in [4.69, 9.17) is 4.74 Å². The summed E-state index contributed by atoms with van der Waals surface area (Å²) in [6.45, 7) is 12.5. The summed E-state index contributed by atoms with van der Waals surface area (Å²) in [5.74, 6) is -0.656. The zero-order valence-corrected chi connectivity index (χ0v) is 18.1. The third-order valence-corrected chi connectivity index (χ3v) is 5.67. The SMILES string of the molecule is C[C@H]1CN(C(=O)CN2C(=O)N[C@](C)(c3ccc(C(C)(C)C)cc3)C2=O)C[C@H](C)O1. The molecule has 1 aromatic carbocycles. The van der Waals surface area contributed by atoms with Crippen LogP contribution in [-0.2, 0) is 25.3 Å². The number of rotatable bonds is 3. The van der Waals surface area contributed by atoms with Gasteiger partial charge in [-0.15, -0.1) is 0 Å². The molecular formula is C22H31N3O4. The van der Waals surface area contributed by atoms with Gasteiger partial charge >= 0.3 is 6.03 Å². The second-order valence-corrected chi connectivity index (χ2v) is 9.33. The lowest BCUT2D eigenvalue weighted by molar-refractivity contribution is -0.146. The second kappa shape index (κ2) is 7.44. The van der Waals surface area contributed by atoms with Crippen molar-refractivity contribution in [3.05, 3.63) is 35.4 Å². The molecule has 0 bridgehead atoms. The first-order valence-electron chi connectivity index (χ1n) is 10.1. The van der Waals surface area contributed by atoms with Gasteiger partial charge in [0.1, 0.15) is 12.1 Å². The van der Waals surface area contributed by atoms with E-state index in [2.05, 4.69) is 26.1 Å². The van der Waals surface area contributed by atoms with E-state index in [1.165, 1.54) is 0 Å². The van der Waals surface area contributed by atoms with Crippen LogP contribution in [0.2, 0.25) is 0 Å².